The Morgan fingerprint density at radius 2 is 1.68 bits per heavy atom. The Labute approximate surface area is 249 Å². The lowest BCUT2D eigenvalue weighted by molar-refractivity contribution is -0.274. The van der Waals surface area contributed by atoms with E-state index in [0.29, 0.717) is 11.3 Å². The number of halogens is 3. The Kier molecular flexibility index (Phi) is 7.21. The third kappa shape index (κ3) is 4.56. The molecule has 3 aliphatic rings. The molecule has 5 rings (SSSR count). The Hall–Kier alpha value is -4.56. The standard InChI is InChI=1S/C30H30F3N3O8/c1-35(2)18-11-15(12-5-7-14(8-6-12)44-30(31,32)33)23(37)20-16(18)9-13-10-17-22(36(3)4)25(39)21(28(34)42)27(41)29(17,43)26(40)19(13)24(20)38/h5-8,11,13,17,22,37-38,41,43H,9-10H2,1-4H3,(H2,34,42). The number of hydrogen-bond acceptors (Lipinski definition) is 10. The second kappa shape index (κ2) is 10.3. The number of fused-ring (bicyclic) bond motifs is 3. The average Bonchev–Trinajstić information content (AvgIpc) is 2.90. The fourth-order valence-corrected chi connectivity index (χ4v) is 6.75. The van der Waals surface area contributed by atoms with Crippen molar-refractivity contribution in [3.63, 3.8) is 0 Å². The molecule has 0 aliphatic heterocycles. The highest BCUT2D eigenvalue weighted by atomic mass is 19.4. The molecule has 0 bridgehead atoms. The Bertz CT molecular complexity index is 1660. The van der Waals surface area contributed by atoms with Gasteiger partial charge >= 0.3 is 6.36 Å². The molecule has 1 saturated carbocycles. The van der Waals surface area contributed by atoms with Gasteiger partial charge in [-0.05, 0) is 62.2 Å². The number of Topliss-reactive ketones (excluding diaryl/α,β-unsaturated/α-hetero) is 2. The van der Waals surface area contributed by atoms with Crippen LogP contribution in [-0.2, 0) is 20.8 Å². The quantitative estimate of drug-likeness (QED) is 0.314. The summed E-state index contributed by atoms with van der Waals surface area (Å²) in [5, 5.41) is 45.8. The number of ketones is 2. The zero-order chi connectivity index (χ0) is 32.6. The van der Waals surface area contributed by atoms with Crippen LogP contribution in [0.4, 0.5) is 18.9 Å². The van der Waals surface area contributed by atoms with E-state index >= 15 is 0 Å². The predicted molar refractivity (Wildman–Crippen MR) is 151 cm³/mol. The van der Waals surface area contributed by atoms with Crippen LogP contribution in [0.3, 0.4) is 0 Å². The first-order valence-corrected chi connectivity index (χ1v) is 13.5. The van der Waals surface area contributed by atoms with Gasteiger partial charge in [0.15, 0.2) is 11.4 Å². The monoisotopic (exact) mass is 617 g/mol. The third-order valence-corrected chi connectivity index (χ3v) is 8.58. The SMILES string of the molecule is CN(C)c1cc(-c2ccc(OC(F)(F)F)cc2)c(O)c2c1CC1CC3C(N(C)C)C(=O)C(C(N)=O)=C(O)C3(O)C(=O)C1=C2O. The molecule has 44 heavy (non-hydrogen) atoms. The molecule has 234 valence electrons. The number of amides is 1. The van der Waals surface area contributed by atoms with Crippen molar-refractivity contribution in [1.82, 2.24) is 4.90 Å². The zero-order valence-corrected chi connectivity index (χ0v) is 24.1. The fourth-order valence-electron chi connectivity index (χ4n) is 6.75. The minimum Gasteiger partial charge on any atom is -0.508 e. The van der Waals surface area contributed by atoms with Crippen LogP contribution in [0.1, 0.15) is 17.5 Å². The summed E-state index contributed by atoms with van der Waals surface area (Å²) in [6, 6.07) is 5.07. The van der Waals surface area contributed by atoms with Crippen LogP contribution in [0.2, 0.25) is 0 Å². The van der Waals surface area contributed by atoms with E-state index in [-0.39, 0.29) is 35.1 Å². The number of hydrogen-bond donors (Lipinski definition) is 5. The van der Waals surface area contributed by atoms with E-state index in [4.69, 9.17) is 5.73 Å². The maximum atomic E-state index is 14.1. The van der Waals surface area contributed by atoms with Gasteiger partial charge in [-0.3, -0.25) is 19.3 Å². The topological polar surface area (TPSA) is 174 Å². The van der Waals surface area contributed by atoms with Gasteiger partial charge in [0.05, 0.1) is 11.6 Å². The molecule has 2 aromatic rings. The number of phenols is 1. The summed E-state index contributed by atoms with van der Waals surface area (Å²) in [6.07, 6.45) is -4.90. The summed E-state index contributed by atoms with van der Waals surface area (Å²) in [4.78, 5) is 42.6. The highest BCUT2D eigenvalue weighted by Crippen LogP contribution is 2.55. The van der Waals surface area contributed by atoms with Gasteiger partial charge in [-0.2, -0.15) is 0 Å². The molecule has 4 atom stereocenters. The number of rotatable bonds is 5. The molecule has 2 aromatic carbocycles. The van der Waals surface area contributed by atoms with E-state index in [1.54, 1.807) is 25.1 Å². The number of carbonyl (C=O) groups is 3. The number of anilines is 1. The third-order valence-electron chi connectivity index (χ3n) is 8.58. The van der Waals surface area contributed by atoms with Crippen molar-refractivity contribution >= 4 is 28.9 Å². The number of phenolic OH excluding ortho intramolecular Hbond substituents is 1. The van der Waals surface area contributed by atoms with Crippen LogP contribution in [0.25, 0.3) is 16.9 Å². The van der Waals surface area contributed by atoms with Gasteiger partial charge in [0, 0.05) is 36.8 Å². The minimum absolute atomic E-state index is 0.0676. The number of nitrogens with two attached hydrogens (primary N) is 1. The van der Waals surface area contributed by atoms with Gasteiger partial charge in [-0.15, -0.1) is 13.2 Å². The predicted octanol–water partition coefficient (Wildman–Crippen LogP) is 2.60. The molecule has 0 heterocycles. The molecule has 0 saturated heterocycles. The minimum atomic E-state index is -4.91. The van der Waals surface area contributed by atoms with Crippen LogP contribution < -0.4 is 15.4 Å². The van der Waals surface area contributed by atoms with Crippen LogP contribution in [0.15, 0.2) is 47.2 Å². The van der Waals surface area contributed by atoms with E-state index < -0.39 is 75.9 Å². The van der Waals surface area contributed by atoms with E-state index in [1.165, 1.54) is 31.1 Å². The van der Waals surface area contributed by atoms with Crippen molar-refractivity contribution in [3.05, 3.63) is 58.4 Å². The normalized spacial score (nSPS) is 25.1. The second-order valence-corrected chi connectivity index (χ2v) is 11.6. The van der Waals surface area contributed by atoms with Crippen molar-refractivity contribution in [2.75, 3.05) is 33.1 Å². The van der Waals surface area contributed by atoms with Gasteiger partial charge in [-0.25, -0.2) is 0 Å². The van der Waals surface area contributed by atoms with Gasteiger partial charge in [-0.1, -0.05) is 12.1 Å². The number of aliphatic hydroxyl groups is 3. The van der Waals surface area contributed by atoms with Gasteiger partial charge < -0.3 is 35.8 Å². The maximum Gasteiger partial charge on any atom is 0.573 e. The van der Waals surface area contributed by atoms with Crippen molar-refractivity contribution in [3.8, 4) is 22.6 Å². The number of benzene rings is 2. The Balaban J connectivity index is 1.71. The molecule has 11 nitrogen and oxygen atoms in total. The zero-order valence-electron chi connectivity index (χ0n) is 24.1. The molecule has 3 aliphatic carbocycles. The number of carbonyl (C=O) groups excluding carboxylic acids is 3. The van der Waals surface area contributed by atoms with Crippen LogP contribution in [0, 0.1) is 11.8 Å². The summed E-state index contributed by atoms with van der Waals surface area (Å²) in [7, 11) is 6.43. The highest BCUT2D eigenvalue weighted by Gasteiger charge is 2.64. The molecule has 4 unspecified atom stereocenters. The lowest BCUT2D eigenvalue weighted by Crippen LogP contribution is -2.65. The summed E-state index contributed by atoms with van der Waals surface area (Å²) in [5.41, 5.74) is 2.55. The smallest absolute Gasteiger partial charge is 0.508 e. The van der Waals surface area contributed by atoms with Crippen LogP contribution in [-0.4, -0.2) is 89.0 Å². The number of likely N-dealkylation sites (N-methyl/N-ethyl adjacent to an activating group) is 1. The summed E-state index contributed by atoms with van der Waals surface area (Å²) in [6.45, 7) is 0. The van der Waals surface area contributed by atoms with Crippen molar-refractivity contribution in [2.45, 2.75) is 30.8 Å². The van der Waals surface area contributed by atoms with Gasteiger partial charge in [0.25, 0.3) is 5.91 Å². The maximum absolute atomic E-state index is 14.1. The van der Waals surface area contributed by atoms with Crippen molar-refractivity contribution in [2.24, 2.45) is 17.6 Å². The van der Waals surface area contributed by atoms with E-state index in [2.05, 4.69) is 4.74 Å². The average molecular weight is 618 g/mol. The Morgan fingerprint density at radius 1 is 1.07 bits per heavy atom. The molecule has 0 aromatic heterocycles. The van der Waals surface area contributed by atoms with Crippen LogP contribution >= 0.6 is 0 Å². The molecule has 6 N–H and O–H groups in total. The molecule has 1 fully saturated rings. The second-order valence-electron chi connectivity index (χ2n) is 11.6. The number of primary amides is 1. The summed E-state index contributed by atoms with van der Waals surface area (Å²) in [5.74, 6) is -8.15. The number of ether oxygens (including phenoxy) is 1. The van der Waals surface area contributed by atoms with E-state index in [1.807, 2.05) is 0 Å². The van der Waals surface area contributed by atoms with Gasteiger partial charge in [0.2, 0.25) is 5.78 Å². The highest BCUT2D eigenvalue weighted by molar-refractivity contribution is 6.24. The lowest BCUT2D eigenvalue weighted by Gasteiger charge is -2.50. The number of nitrogens with zero attached hydrogens (tertiary/aromatic N) is 2. The molecular weight excluding hydrogens is 587 g/mol. The van der Waals surface area contributed by atoms with Crippen molar-refractivity contribution in [1.29, 1.82) is 0 Å². The lowest BCUT2D eigenvalue weighted by atomic mass is 9.57. The molecule has 14 heteroatoms. The van der Waals surface area contributed by atoms with Gasteiger partial charge in [0.1, 0.15) is 28.6 Å². The molecule has 0 radical (unpaired) electrons. The number of aromatic hydroxyl groups is 1. The molecular formula is C30H30F3N3O8. The molecule has 0 spiro atoms. The van der Waals surface area contributed by atoms with Crippen LogP contribution in [0.5, 0.6) is 11.5 Å². The largest absolute Gasteiger partial charge is 0.573 e. The first-order chi connectivity index (χ1) is 20.4. The molecule has 1 amide bonds. The Morgan fingerprint density at radius 3 is 2.20 bits per heavy atom. The number of aliphatic hydroxyl groups excluding tert-OH is 2. The summed E-state index contributed by atoms with van der Waals surface area (Å²) < 4.78 is 41.9. The van der Waals surface area contributed by atoms with E-state index in [0.717, 1.165) is 12.1 Å². The first-order valence-electron chi connectivity index (χ1n) is 13.5. The van der Waals surface area contributed by atoms with E-state index in [9.17, 15) is 48.0 Å². The number of alkyl halides is 3. The summed E-state index contributed by atoms with van der Waals surface area (Å²) >= 11 is 0. The van der Waals surface area contributed by atoms with Crippen molar-refractivity contribution < 1.29 is 52.7 Å². The first kappa shape index (κ1) is 30.9. The fraction of sp³-hybridized carbons (Fsp3) is 0.367.